The van der Waals surface area contributed by atoms with Crippen LogP contribution in [0, 0.1) is 0 Å². The zero-order valence-electron chi connectivity index (χ0n) is 11.5. The van der Waals surface area contributed by atoms with E-state index in [1.807, 2.05) is 12.1 Å². The highest BCUT2D eigenvalue weighted by Crippen LogP contribution is 2.11. The van der Waals surface area contributed by atoms with Crippen LogP contribution in [-0.2, 0) is 16.0 Å². The molecule has 1 aromatic carbocycles. The topological polar surface area (TPSA) is 70.7 Å². The molecule has 2 N–H and O–H groups in total. The van der Waals surface area contributed by atoms with Gasteiger partial charge in [-0.1, -0.05) is 12.1 Å². The highest BCUT2D eigenvalue weighted by atomic mass is 16.5. The van der Waals surface area contributed by atoms with Crippen molar-refractivity contribution < 1.29 is 14.3 Å². The van der Waals surface area contributed by atoms with E-state index < -0.39 is 0 Å². The Kier molecular flexibility index (Phi) is 4.95. The number of piperazine rings is 1. The van der Waals surface area contributed by atoms with Crippen molar-refractivity contribution in [1.82, 2.24) is 10.2 Å². The number of benzene rings is 1. The second-order valence-corrected chi connectivity index (χ2v) is 4.62. The van der Waals surface area contributed by atoms with E-state index in [2.05, 4.69) is 15.4 Å². The number of esters is 1. The molecule has 0 spiro atoms. The average Bonchev–Trinajstić information content (AvgIpc) is 2.50. The number of rotatable bonds is 3. The molecule has 108 valence electrons. The maximum atomic E-state index is 12.0. The number of urea groups is 1. The molecule has 20 heavy (non-hydrogen) atoms. The number of nitrogens with one attached hydrogen (secondary N) is 2. The fraction of sp³-hybridized carbons (Fsp3) is 0.429. The molecule has 1 aromatic rings. The Morgan fingerprint density at radius 2 is 1.90 bits per heavy atom. The Labute approximate surface area is 118 Å². The molecule has 1 aliphatic rings. The maximum absolute atomic E-state index is 12.0. The Bertz CT molecular complexity index is 467. The summed E-state index contributed by atoms with van der Waals surface area (Å²) in [6, 6.07) is 7.11. The second-order valence-electron chi connectivity index (χ2n) is 4.62. The van der Waals surface area contributed by atoms with Crippen LogP contribution in [0.5, 0.6) is 0 Å². The summed E-state index contributed by atoms with van der Waals surface area (Å²) in [5.41, 5.74) is 1.58. The molecular formula is C14H19N3O3. The molecule has 0 aromatic heterocycles. The van der Waals surface area contributed by atoms with Gasteiger partial charge in [-0.05, 0) is 17.7 Å². The van der Waals surface area contributed by atoms with E-state index in [1.165, 1.54) is 7.11 Å². The zero-order chi connectivity index (χ0) is 14.4. The summed E-state index contributed by atoms with van der Waals surface area (Å²) in [4.78, 5) is 24.9. The average molecular weight is 277 g/mol. The minimum atomic E-state index is -0.275. The first-order chi connectivity index (χ1) is 9.69. The molecule has 2 amide bonds. The number of methoxy groups -OCH3 is 1. The molecule has 1 fully saturated rings. The Balaban J connectivity index is 1.89. The van der Waals surface area contributed by atoms with Gasteiger partial charge in [-0.15, -0.1) is 0 Å². The van der Waals surface area contributed by atoms with Crippen molar-refractivity contribution in [3.8, 4) is 0 Å². The number of carbonyl (C=O) groups is 2. The highest BCUT2D eigenvalue weighted by molar-refractivity contribution is 5.89. The summed E-state index contributed by atoms with van der Waals surface area (Å²) in [5.74, 6) is -0.275. The van der Waals surface area contributed by atoms with Crippen LogP contribution in [0.2, 0.25) is 0 Å². The van der Waals surface area contributed by atoms with Gasteiger partial charge < -0.3 is 20.3 Å². The lowest BCUT2D eigenvalue weighted by atomic mass is 10.1. The van der Waals surface area contributed by atoms with E-state index in [0.717, 1.165) is 24.3 Å². The maximum Gasteiger partial charge on any atom is 0.321 e. The first-order valence-electron chi connectivity index (χ1n) is 6.61. The first kappa shape index (κ1) is 14.3. The number of nitrogens with zero attached hydrogens (tertiary/aromatic N) is 1. The van der Waals surface area contributed by atoms with Crippen molar-refractivity contribution in [2.45, 2.75) is 6.42 Å². The van der Waals surface area contributed by atoms with Crippen molar-refractivity contribution >= 4 is 17.7 Å². The normalized spacial score (nSPS) is 14.8. The van der Waals surface area contributed by atoms with Crippen LogP contribution in [-0.4, -0.2) is 50.2 Å². The molecule has 1 aliphatic heterocycles. The number of hydrogen-bond acceptors (Lipinski definition) is 4. The lowest BCUT2D eigenvalue weighted by Crippen LogP contribution is -2.48. The largest absolute Gasteiger partial charge is 0.469 e. The molecule has 0 aliphatic carbocycles. The molecule has 0 unspecified atom stereocenters. The summed E-state index contributed by atoms with van der Waals surface area (Å²) < 4.78 is 4.61. The van der Waals surface area contributed by atoms with Gasteiger partial charge in [-0.3, -0.25) is 4.79 Å². The predicted octanol–water partition coefficient (Wildman–Crippen LogP) is 0.839. The van der Waals surface area contributed by atoms with Crippen LogP contribution in [0.25, 0.3) is 0 Å². The number of ether oxygens (including phenoxy) is 1. The van der Waals surface area contributed by atoms with Gasteiger partial charge in [-0.25, -0.2) is 4.79 Å². The van der Waals surface area contributed by atoms with Crippen molar-refractivity contribution in [2.24, 2.45) is 0 Å². The Morgan fingerprint density at radius 1 is 1.25 bits per heavy atom. The molecule has 0 saturated carbocycles. The molecule has 1 saturated heterocycles. The third kappa shape index (κ3) is 3.96. The minimum Gasteiger partial charge on any atom is -0.469 e. The zero-order valence-corrected chi connectivity index (χ0v) is 11.5. The standard InChI is InChI=1S/C14H19N3O3/c1-20-13(18)10-11-2-4-12(5-3-11)16-14(19)17-8-6-15-7-9-17/h2-5,15H,6-10H2,1H3,(H,16,19). The second kappa shape index (κ2) is 6.91. The Hall–Kier alpha value is -2.08. The van der Waals surface area contributed by atoms with Crippen LogP contribution >= 0.6 is 0 Å². The van der Waals surface area contributed by atoms with Crippen LogP contribution in [0.3, 0.4) is 0 Å². The molecular weight excluding hydrogens is 258 g/mol. The molecule has 0 bridgehead atoms. The van der Waals surface area contributed by atoms with Crippen LogP contribution in [0.1, 0.15) is 5.56 Å². The van der Waals surface area contributed by atoms with Crippen LogP contribution in [0.4, 0.5) is 10.5 Å². The molecule has 1 heterocycles. The van der Waals surface area contributed by atoms with Gasteiger partial charge in [0.25, 0.3) is 0 Å². The van der Waals surface area contributed by atoms with Gasteiger partial charge in [0.05, 0.1) is 13.5 Å². The van der Waals surface area contributed by atoms with E-state index in [4.69, 9.17) is 0 Å². The third-order valence-corrected chi connectivity index (χ3v) is 3.19. The molecule has 0 atom stereocenters. The van der Waals surface area contributed by atoms with Crippen molar-refractivity contribution in [2.75, 3.05) is 38.6 Å². The van der Waals surface area contributed by atoms with E-state index >= 15 is 0 Å². The van der Waals surface area contributed by atoms with E-state index in [1.54, 1.807) is 17.0 Å². The number of hydrogen-bond donors (Lipinski definition) is 2. The first-order valence-corrected chi connectivity index (χ1v) is 6.61. The van der Waals surface area contributed by atoms with Gasteiger partial charge in [0.15, 0.2) is 0 Å². The van der Waals surface area contributed by atoms with Gasteiger partial charge in [0.1, 0.15) is 0 Å². The van der Waals surface area contributed by atoms with E-state index in [0.29, 0.717) is 13.1 Å². The predicted molar refractivity (Wildman–Crippen MR) is 75.6 cm³/mol. The Morgan fingerprint density at radius 3 is 2.50 bits per heavy atom. The smallest absolute Gasteiger partial charge is 0.321 e. The van der Waals surface area contributed by atoms with E-state index in [9.17, 15) is 9.59 Å². The van der Waals surface area contributed by atoms with Gasteiger partial charge in [0.2, 0.25) is 0 Å². The van der Waals surface area contributed by atoms with Gasteiger partial charge in [-0.2, -0.15) is 0 Å². The van der Waals surface area contributed by atoms with Gasteiger partial charge in [0, 0.05) is 31.9 Å². The summed E-state index contributed by atoms with van der Waals surface area (Å²) in [6.07, 6.45) is 0.239. The molecule has 6 heteroatoms. The number of anilines is 1. The summed E-state index contributed by atoms with van der Waals surface area (Å²) in [5, 5.41) is 6.05. The fourth-order valence-electron chi connectivity index (χ4n) is 2.02. The van der Waals surface area contributed by atoms with Crippen molar-refractivity contribution in [3.63, 3.8) is 0 Å². The summed E-state index contributed by atoms with van der Waals surface area (Å²) in [7, 11) is 1.37. The SMILES string of the molecule is COC(=O)Cc1ccc(NC(=O)N2CCNCC2)cc1. The van der Waals surface area contributed by atoms with Crippen molar-refractivity contribution in [1.29, 1.82) is 0 Å². The van der Waals surface area contributed by atoms with E-state index in [-0.39, 0.29) is 18.4 Å². The lowest BCUT2D eigenvalue weighted by molar-refractivity contribution is -0.139. The van der Waals surface area contributed by atoms with Gasteiger partial charge >= 0.3 is 12.0 Å². The van der Waals surface area contributed by atoms with Crippen molar-refractivity contribution in [3.05, 3.63) is 29.8 Å². The van der Waals surface area contributed by atoms with Crippen LogP contribution < -0.4 is 10.6 Å². The monoisotopic (exact) mass is 277 g/mol. The molecule has 0 radical (unpaired) electrons. The summed E-state index contributed by atoms with van der Waals surface area (Å²) >= 11 is 0. The fourth-order valence-corrected chi connectivity index (χ4v) is 2.02. The lowest BCUT2D eigenvalue weighted by Gasteiger charge is -2.27. The molecule has 2 rings (SSSR count). The number of amides is 2. The van der Waals surface area contributed by atoms with Crippen LogP contribution in [0.15, 0.2) is 24.3 Å². The quantitative estimate of drug-likeness (QED) is 0.803. The minimum absolute atomic E-state index is 0.0905. The highest BCUT2D eigenvalue weighted by Gasteiger charge is 2.15. The third-order valence-electron chi connectivity index (χ3n) is 3.19. The number of carbonyl (C=O) groups excluding carboxylic acids is 2. The molecule has 6 nitrogen and oxygen atoms in total. The summed E-state index contributed by atoms with van der Waals surface area (Å²) in [6.45, 7) is 3.08.